The minimum atomic E-state index is -0.248. The molecule has 1 heterocycles. The number of aryl methyl sites for hydroxylation is 1. The van der Waals surface area contributed by atoms with Gasteiger partial charge in [-0.1, -0.05) is 35.9 Å². The van der Waals surface area contributed by atoms with Crippen molar-refractivity contribution >= 4 is 17.5 Å². The lowest BCUT2D eigenvalue weighted by Gasteiger charge is -2.14. The number of aromatic nitrogens is 2. The highest BCUT2D eigenvalue weighted by molar-refractivity contribution is 6.31. The number of para-hydroxylation sites is 1. The van der Waals surface area contributed by atoms with Gasteiger partial charge in [-0.2, -0.15) is 0 Å². The zero-order valence-electron chi connectivity index (χ0n) is 17.7. The molecule has 0 spiro atoms. The Kier molecular flexibility index (Phi) is 6.42. The lowest BCUT2D eigenvalue weighted by atomic mass is 10.1. The Balaban J connectivity index is 1.52. The highest BCUT2D eigenvalue weighted by atomic mass is 35.5. The third kappa shape index (κ3) is 4.76. The first-order chi connectivity index (χ1) is 15.5. The third-order valence-corrected chi connectivity index (χ3v) is 5.26. The van der Waals surface area contributed by atoms with Crippen molar-refractivity contribution in [2.24, 2.45) is 0 Å². The van der Waals surface area contributed by atoms with Gasteiger partial charge in [-0.15, -0.1) is 0 Å². The van der Waals surface area contributed by atoms with Crippen molar-refractivity contribution in [1.29, 1.82) is 0 Å². The van der Waals surface area contributed by atoms with E-state index >= 15 is 0 Å². The number of imidazole rings is 1. The number of nitrogens with zero attached hydrogens (tertiary/aromatic N) is 2. The summed E-state index contributed by atoms with van der Waals surface area (Å²) in [6.45, 7) is 2.13. The monoisotopic (exact) mass is 447 g/mol. The van der Waals surface area contributed by atoms with E-state index in [2.05, 4.69) is 10.3 Å². The summed E-state index contributed by atoms with van der Waals surface area (Å²) in [5, 5.41) is 3.43. The Morgan fingerprint density at radius 3 is 2.59 bits per heavy atom. The van der Waals surface area contributed by atoms with Crippen molar-refractivity contribution < 1.29 is 14.3 Å². The van der Waals surface area contributed by atoms with E-state index in [0.717, 1.165) is 11.4 Å². The van der Waals surface area contributed by atoms with Crippen LogP contribution in [0, 0.1) is 6.92 Å². The first-order valence-corrected chi connectivity index (χ1v) is 10.4. The molecular formula is C25H22ClN3O3. The molecule has 0 bridgehead atoms. The maximum atomic E-state index is 12.8. The van der Waals surface area contributed by atoms with E-state index in [4.69, 9.17) is 21.1 Å². The summed E-state index contributed by atoms with van der Waals surface area (Å²) in [7, 11) is 1.57. The number of nitrogens with one attached hydrogen (secondary N) is 1. The van der Waals surface area contributed by atoms with Gasteiger partial charge < -0.3 is 19.4 Å². The largest absolute Gasteiger partial charge is 0.495 e. The molecule has 0 aliphatic rings. The standard InChI is InChI=1S/C25H22ClN3O3/c1-17-15-29(16-28-17)22-12-11-18(13-24(22)31-2)25(30)27-14-20-21(26)9-6-10-23(20)32-19-7-4-3-5-8-19/h3-13,15-16H,14H2,1-2H3,(H,27,30). The Labute approximate surface area is 191 Å². The summed E-state index contributed by atoms with van der Waals surface area (Å²) in [4.78, 5) is 17.1. The summed E-state index contributed by atoms with van der Waals surface area (Å²) >= 11 is 6.40. The summed E-state index contributed by atoms with van der Waals surface area (Å²) < 4.78 is 13.3. The maximum Gasteiger partial charge on any atom is 0.251 e. The Bertz CT molecular complexity index is 1240. The number of hydrogen-bond acceptors (Lipinski definition) is 4. The number of rotatable bonds is 7. The summed E-state index contributed by atoms with van der Waals surface area (Å²) in [5.41, 5.74) is 2.86. The fourth-order valence-corrected chi connectivity index (χ4v) is 3.51. The van der Waals surface area contributed by atoms with Crippen molar-refractivity contribution in [2.75, 3.05) is 7.11 Å². The number of halogens is 1. The molecular weight excluding hydrogens is 426 g/mol. The molecule has 0 atom stereocenters. The van der Waals surface area contributed by atoms with Crippen LogP contribution in [0.3, 0.4) is 0 Å². The Morgan fingerprint density at radius 2 is 1.88 bits per heavy atom. The molecule has 0 aliphatic heterocycles. The van der Waals surface area contributed by atoms with E-state index in [-0.39, 0.29) is 12.5 Å². The molecule has 1 N–H and O–H groups in total. The first kappa shape index (κ1) is 21.5. The van der Waals surface area contributed by atoms with E-state index in [1.807, 2.05) is 66.2 Å². The summed E-state index contributed by atoms with van der Waals surface area (Å²) in [6.07, 6.45) is 3.60. The highest BCUT2D eigenvalue weighted by Crippen LogP contribution is 2.30. The minimum Gasteiger partial charge on any atom is -0.495 e. The first-order valence-electron chi connectivity index (χ1n) is 10.0. The molecule has 1 amide bonds. The topological polar surface area (TPSA) is 65.4 Å². The van der Waals surface area contributed by atoms with Gasteiger partial charge in [0.05, 0.1) is 24.8 Å². The van der Waals surface area contributed by atoms with Gasteiger partial charge in [0.1, 0.15) is 17.2 Å². The van der Waals surface area contributed by atoms with Gasteiger partial charge in [0.2, 0.25) is 0 Å². The molecule has 7 heteroatoms. The van der Waals surface area contributed by atoms with E-state index in [0.29, 0.717) is 33.4 Å². The average molecular weight is 448 g/mol. The summed E-state index contributed by atoms with van der Waals surface area (Å²) in [5.74, 6) is 1.60. The lowest BCUT2D eigenvalue weighted by molar-refractivity contribution is 0.0950. The predicted molar refractivity (Wildman–Crippen MR) is 124 cm³/mol. The molecule has 0 aliphatic carbocycles. The van der Waals surface area contributed by atoms with E-state index in [1.165, 1.54) is 0 Å². The molecule has 162 valence electrons. The van der Waals surface area contributed by atoms with Gasteiger partial charge in [-0.05, 0) is 49.4 Å². The molecule has 32 heavy (non-hydrogen) atoms. The smallest absolute Gasteiger partial charge is 0.251 e. The van der Waals surface area contributed by atoms with Crippen molar-refractivity contribution in [2.45, 2.75) is 13.5 Å². The van der Waals surface area contributed by atoms with Crippen LogP contribution in [-0.2, 0) is 6.54 Å². The van der Waals surface area contributed by atoms with Crippen LogP contribution >= 0.6 is 11.6 Å². The van der Waals surface area contributed by atoms with Crippen LogP contribution in [0.5, 0.6) is 17.2 Å². The van der Waals surface area contributed by atoms with Crippen LogP contribution in [0.15, 0.2) is 79.3 Å². The molecule has 0 saturated heterocycles. The van der Waals surface area contributed by atoms with Crippen LogP contribution in [-0.4, -0.2) is 22.6 Å². The minimum absolute atomic E-state index is 0.214. The molecule has 0 saturated carbocycles. The van der Waals surface area contributed by atoms with Crippen molar-refractivity contribution in [3.8, 4) is 22.9 Å². The normalized spacial score (nSPS) is 10.6. The van der Waals surface area contributed by atoms with Crippen LogP contribution in [0.4, 0.5) is 0 Å². The zero-order valence-corrected chi connectivity index (χ0v) is 18.5. The third-order valence-electron chi connectivity index (χ3n) is 4.90. The van der Waals surface area contributed by atoms with Crippen molar-refractivity contribution in [3.63, 3.8) is 0 Å². The van der Waals surface area contributed by atoms with Crippen molar-refractivity contribution in [1.82, 2.24) is 14.9 Å². The Morgan fingerprint density at radius 1 is 1.06 bits per heavy atom. The van der Waals surface area contributed by atoms with E-state index < -0.39 is 0 Å². The second-order valence-electron chi connectivity index (χ2n) is 7.12. The molecule has 3 aromatic carbocycles. The van der Waals surface area contributed by atoms with Gasteiger partial charge in [0.25, 0.3) is 5.91 Å². The average Bonchev–Trinajstić information content (AvgIpc) is 3.24. The van der Waals surface area contributed by atoms with Crippen LogP contribution in [0.1, 0.15) is 21.6 Å². The van der Waals surface area contributed by atoms with Crippen LogP contribution in [0.25, 0.3) is 5.69 Å². The number of methoxy groups -OCH3 is 1. The fourth-order valence-electron chi connectivity index (χ4n) is 3.28. The number of hydrogen-bond donors (Lipinski definition) is 1. The lowest BCUT2D eigenvalue weighted by Crippen LogP contribution is -2.23. The molecule has 6 nitrogen and oxygen atoms in total. The van der Waals surface area contributed by atoms with Gasteiger partial charge in [0.15, 0.2) is 0 Å². The second-order valence-corrected chi connectivity index (χ2v) is 7.53. The fraction of sp³-hybridized carbons (Fsp3) is 0.120. The SMILES string of the molecule is COc1cc(C(=O)NCc2c(Cl)cccc2Oc2ccccc2)ccc1-n1cnc(C)c1. The zero-order chi connectivity index (χ0) is 22.5. The molecule has 4 aromatic rings. The Hall–Kier alpha value is -3.77. The maximum absolute atomic E-state index is 12.8. The van der Waals surface area contributed by atoms with Crippen molar-refractivity contribution in [3.05, 3.63) is 101 Å². The van der Waals surface area contributed by atoms with Crippen LogP contribution in [0.2, 0.25) is 5.02 Å². The predicted octanol–water partition coefficient (Wildman–Crippen LogP) is 5.57. The number of benzene rings is 3. The molecule has 1 aromatic heterocycles. The van der Waals surface area contributed by atoms with E-state index in [1.54, 1.807) is 31.6 Å². The van der Waals surface area contributed by atoms with Gasteiger partial charge in [-0.3, -0.25) is 4.79 Å². The summed E-state index contributed by atoms with van der Waals surface area (Å²) in [6, 6.07) is 20.1. The number of carbonyl (C=O) groups excluding carboxylic acids is 1. The van der Waals surface area contributed by atoms with Gasteiger partial charge >= 0.3 is 0 Å². The van der Waals surface area contributed by atoms with Gasteiger partial charge in [0, 0.05) is 28.9 Å². The number of carbonyl (C=O) groups is 1. The molecule has 0 fully saturated rings. The molecule has 0 unspecified atom stereocenters. The number of ether oxygens (including phenoxy) is 2. The quantitative estimate of drug-likeness (QED) is 0.402. The second kappa shape index (κ2) is 9.58. The molecule has 4 rings (SSSR count). The van der Waals surface area contributed by atoms with Gasteiger partial charge in [-0.25, -0.2) is 4.98 Å². The highest BCUT2D eigenvalue weighted by Gasteiger charge is 2.14. The van der Waals surface area contributed by atoms with E-state index in [9.17, 15) is 4.79 Å². The number of amides is 1. The molecule has 0 radical (unpaired) electrons. The van der Waals surface area contributed by atoms with Crippen LogP contribution < -0.4 is 14.8 Å².